The maximum absolute atomic E-state index is 12.4. The number of likely N-dealkylation sites (tertiary alicyclic amines) is 1. The van der Waals surface area contributed by atoms with Gasteiger partial charge in [-0.15, -0.1) is 0 Å². The fourth-order valence-electron chi connectivity index (χ4n) is 3.39. The van der Waals surface area contributed by atoms with Crippen LogP contribution < -0.4 is 0 Å². The Morgan fingerprint density at radius 2 is 1.78 bits per heavy atom. The van der Waals surface area contributed by atoms with E-state index in [1.807, 2.05) is 23.1 Å². The van der Waals surface area contributed by atoms with Crippen LogP contribution in [0.4, 0.5) is 0 Å². The minimum Gasteiger partial charge on any atom is -0.381 e. The first-order chi connectivity index (χ1) is 11.3. The number of carbonyl (C=O) groups excluding carboxylic acids is 1. The Bertz CT molecular complexity index is 477. The third-order valence-electron chi connectivity index (χ3n) is 4.93. The number of nitrogens with zero attached hydrogens (tertiary/aromatic N) is 1. The second kappa shape index (κ2) is 8.46. The van der Waals surface area contributed by atoms with Gasteiger partial charge in [-0.05, 0) is 37.2 Å². The Morgan fingerprint density at radius 1 is 1.09 bits per heavy atom. The molecule has 4 heteroatoms. The SMILES string of the molecule is O=C(CC1CCOCC1)N1CCC(OCc2ccccc2)CC1. The molecule has 0 aliphatic carbocycles. The lowest BCUT2D eigenvalue weighted by Gasteiger charge is -2.33. The fourth-order valence-corrected chi connectivity index (χ4v) is 3.39. The Balaban J connectivity index is 1.37. The van der Waals surface area contributed by atoms with Gasteiger partial charge in [0, 0.05) is 32.7 Å². The topological polar surface area (TPSA) is 38.8 Å². The quantitative estimate of drug-likeness (QED) is 0.838. The highest BCUT2D eigenvalue weighted by atomic mass is 16.5. The molecule has 2 aliphatic rings. The molecular weight excluding hydrogens is 290 g/mol. The van der Waals surface area contributed by atoms with Gasteiger partial charge in [-0.3, -0.25) is 4.79 Å². The minimum atomic E-state index is 0.280. The third-order valence-corrected chi connectivity index (χ3v) is 4.93. The summed E-state index contributed by atoms with van der Waals surface area (Å²) in [7, 11) is 0. The molecule has 0 aromatic heterocycles. The molecule has 2 saturated heterocycles. The van der Waals surface area contributed by atoms with Crippen molar-refractivity contribution in [3.63, 3.8) is 0 Å². The highest BCUT2D eigenvalue weighted by Gasteiger charge is 2.25. The summed E-state index contributed by atoms with van der Waals surface area (Å²) in [5, 5.41) is 0. The van der Waals surface area contributed by atoms with Crippen molar-refractivity contribution < 1.29 is 14.3 Å². The van der Waals surface area contributed by atoms with Crippen LogP contribution in [0, 0.1) is 5.92 Å². The van der Waals surface area contributed by atoms with Crippen LogP contribution in [0.1, 0.15) is 37.7 Å². The first-order valence-electron chi connectivity index (χ1n) is 8.82. The van der Waals surface area contributed by atoms with E-state index in [4.69, 9.17) is 9.47 Å². The van der Waals surface area contributed by atoms with Crippen molar-refractivity contribution in [3.05, 3.63) is 35.9 Å². The van der Waals surface area contributed by atoms with Gasteiger partial charge in [-0.1, -0.05) is 30.3 Å². The number of benzene rings is 1. The largest absolute Gasteiger partial charge is 0.381 e. The maximum Gasteiger partial charge on any atom is 0.222 e. The van der Waals surface area contributed by atoms with Crippen molar-refractivity contribution in [2.24, 2.45) is 5.92 Å². The Labute approximate surface area is 138 Å². The number of piperidine rings is 1. The lowest BCUT2D eigenvalue weighted by atomic mass is 9.95. The van der Waals surface area contributed by atoms with Crippen molar-refractivity contribution in [1.29, 1.82) is 0 Å². The average Bonchev–Trinajstić information content (AvgIpc) is 2.62. The molecule has 2 heterocycles. The Hall–Kier alpha value is -1.39. The van der Waals surface area contributed by atoms with Crippen LogP contribution >= 0.6 is 0 Å². The van der Waals surface area contributed by atoms with Crippen LogP contribution in [-0.2, 0) is 20.9 Å². The summed E-state index contributed by atoms with van der Waals surface area (Å²) in [5.41, 5.74) is 1.21. The lowest BCUT2D eigenvalue weighted by Crippen LogP contribution is -2.41. The molecule has 4 nitrogen and oxygen atoms in total. The molecule has 2 aliphatic heterocycles. The summed E-state index contributed by atoms with van der Waals surface area (Å²) in [6, 6.07) is 10.3. The van der Waals surface area contributed by atoms with E-state index < -0.39 is 0 Å². The molecule has 0 atom stereocenters. The van der Waals surface area contributed by atoms with Crippen molar-refractivity contribution >= 4 is 5.91 Å². The zero-order valence-corrected chi connectivity index (χ0v) is 13.8. The predicted molar refractivity (Wildman–Crippen MR) is 89.0 cm³/mol. The highest BCUT2D eigenvalue weighted by Crippen LogP contribution is 2.22. The summed E-state index contributed by atoms with van der Waals surface area (Å²) in [6.07, 6.45) is 4.94. The van der Waals surface area contributed by atoms with E-state index in [0.717, 1.165) is 52.0 Å². The van der Waals surface area contributed by atoms with Gasteiger partial charge in [0.25, 0.3) is 0 Å². The van der Waals surface area contributed by atoms with E-state index >= 15 is 0 Å². The van der Waals surface area contributed by atoms with Gasteiger partial charge < -0.3 is 14.4 Å². The first-order valence-corrected chi connectivity index (χ1v) is 8.82. The van der Waals surface area contributed by atoms with Gasteiger partial charge in [0.05, 0.1) is 12.7 Å². The van der Waals surface area contributed by atoms with Gasteiger partial charge >= 0.3 is 0 Å². The molecule has 0 spiro atoms. The molecule has 23 heavy (non-hydrogen) atoms. The van der Waals surface area contributed by atoms with E-state index in [2.05, 4.69) is 12.1 Å². The Kier molecular flexibility index (Phi) is 6.06. The van der Waals surface area contributed by atoms with Crippen LogP contribution in [-0.4, -0.2) is 43.2 Å². The molecule has 1 aromatic carbocycles. The van der Waals surface area contributed by atoms with E-state index in [1.165, 1.54) is 5.56 Å². The van der Waals surface area contributed by atoms with E-state index in [0.29, 0.717) is 24.9 Å². The van der Waals surface area contributed by atoms with Crippen molar-refractivity contribution in [2.75, 3.05) is 26.3 Å². The molecule has 0 N–H and O–H groups in total. The van der Waals surface area contributed by atoms with Crippen LogP contribution in [0.3, 0.4) is 0 Å². The zero-order chi connectivity index (χ0) is 15.9. The predicted octanol–water partition coefficient (Wildman–Crippen LogP) is 3.01. The molecule has 1 amide bonds. The van der Waals surface area contributed by atoms with E-state index in [1.54, 1.807) is 0 Å². The van der Waals surface area contributed by atoms with Crippen LogP contribution in [0.25, 0.3) is 0 Å². The third kappa shape index (κ3) is 5.05. The van der Waals surface area contributed by atoms with Crippen LogP contribution in [0.15, 0.2) is 30.3 Å². The summed E-state index contributed by atoms with van der Waals surface area (Å²) in [4.78, 5) is 14.4. The monoisotopic (exact) mass is 317 g/mol. The maximum atomic E-state index is 12.4. The van der Waals surface area contributed by atoms with E-state index in [9.17, 15) is 4.79 Å². The van der Waals surface area contributed by atoms with Gasteiger partial charge in [-0.25, -0.2) is 0 Å². The lowest BCUT2D eigenvalue weighted by molar-refractivity contribution is -0.135. The van der Waals surface area contributed by atoms with Gasteiger partial charge in [0.1, 0.15) is 0 Å². The summed E-state index contributed by atoms with van der Waals surface area (Å²) < 4.78 is 11.4. The number of ether oxygens (including phenoxy) is 2. The molecular formula is C19H27NO3. The van der Waals surface area contributed by atoms with Crippen LogP contribution in [0.5, 0.6) is 0 Å². The van der Waals surface area contributed by atoms with Crippen molar-refractivity contribution in [1.82, 2.24) is 4.90 Å². The molecule has 1 aromatic rings. The smallest absolute Gasteiger partial charge is 0.222 e. The van der Waals surface area contributed by atoms with E-state index in [-0.39, 0.29) is 6.10 Å². The molecule has 0 bridgehead atoms. The van der Waals surface area contributed by atoms with Crippen molar-refractivity contribution in [3.8, 4) is 0 Å². The molecule has 2 fully saturated rings. The van der Waals surface area contributed by atoms with Gasteiger partial charge in [-0.2, -0.15) is 0 Å². The second-order valence-electron chi connectivity index (χ2n) is 6.64. The fraction of sp³-hybridized carbons (Fsp3) is 0.632. The summed E-state index contributed by atoms with van der Waals surface area (Å²) >= 11 is 0. The average molecular weight is 317 g/mol. The van der Waals surface area contributed by atoms with Gasteiger partial charge in [0.15, 0.2) is 0 Å². The van der Waals surface area contributed by atoms with Crippen LogP contribution in [0.2, 0.25) is 0 Å². The summed E-state index contributed by atoms with van der Waals surface area (Å²) in [5.74, 6) is 0.835. The normalized spacial score (nSPS) is 20.6. The Morgan fingerprint density at radius 3 is 2.48 bits per heavy atom. The summed E-state index contributed by atoms with van der Waals surface area (Å²) in [6.45, 7) is 3.96. The van der Waals surface area contributed by atoms with Crippen molar-refractivity contribution in [2.45, 2.75) is 44.8 Å². The number of hydrogen-bond donors (Lipinski definition) is 0. The minimum absolute atomic E-state index is 0.280. The molecule has 0 saturated carbocycles. The first kappa shape index (κ1) is 16.5. The van der Waals surface area contributed by atoms with Gasteiger partial charge in [0.2, 0.25) is 5.91 Å². The zero-order valence-electron chi connectivity index (χ0n) is 13.8. The highest BCUT2D eigenvalue weighted by molar-refractivity contribution is 5.76. The molecule has 3 rings (SSSR count). The number of amides is 1. The number of rotatable bonds is 5. The molecule has 0 radical (unpaired) electrons. The molecule has 0 unspecified atom stereocenters. The number of carbonyl (C=O) groups is 1. The standard InChI is InChI=1S/C19H27NO3/c21-19(14-16-8-12-22-13-9-16)20-10-6-18(7-11-20)23-15-17-4-2-1-3-5-17/h1-5,16,18H,6-15H2. The second-order valence-corrected chi connectivity index (χ2v) is 6.64. The molecule has 126 valence electrons. The number of hydrogen-bond acceptors (Lipinski definition) is 3.